The number of ether oxygens (including phenoxy) is 3. The molecular weight excluding hydrogens is 793 g/mol. The van der Waals surface area contributed by atoms with E-state index < -0.39 is 6.10 Å². The van der Waals surface area contributed by atoms with E-state index in [9.17, 15) is 14.4 Å². The number of carbonyl (C=O) groups excluding carboxylic acids is 3. The average molecular weight is 899 g/mol. The van der Waals surface area contributed by atoms with Gasteiger partial charge in [-0.2, -0.15) is 0 Å². The quantitative estimate of drug-likeness (QED) is 0.0262. The summed E-state index contributed by atoms with van der Waals surface area (Å²) >= 11 is 0. The van der Waals surface area contributed by atoms with Gasteiger partial charge in [0.25, 0.3) is 0 Å². The van der Waals surface area contributed by atoms with E-state index in [1.54, 1.807) is 0 Å². The molecule has 0 N–H and O–H groups in total. The van der Waals surface area contributed by atoms with E-state index >= 15 is 0 Å². The van der Waals surface area contributed by atoms with Gasteiger partial charge in [-0.3, -0.25) is 14.4 Å². The molecule has 0 saturated carbocycles. The van der Waals surface area contributed by atoms with Gasteiger partial charge in [0.15, 0.2) is 6.10 Å². The third-order valence-electron chi connectivity index (χ3n) is 12.3. The molecule has 64 heavy (non-hydrogen) atoms. The summed E-state index contributed by atoms with van der Waals surface area (Å²) in [5, 5.41) is 0. The van der Waals surface area contributed by atoms with Crippen LogP contribution in [-0.2, 0) is 28.6 Å². The molecule has 0 heterocycles. The predicted octanol–water partition coefficient (Wildman–Crippen LogP) is 18.5. The summed E-state index contributed by atoms with van der Waals surface area (Å²) in [5.41, 5.74) is 0. The molecule has 0 aliphatic carbocycles. The lowest BCUT2D eigenvalue weighted by atomic mass is 10.0. The average Bonchev–Trinajstić information content (AvgIpc) is 3.29. The highest BCUT2D eigenvalue weighted by Gasteiger charge is 2.19. The Balaban J connectivity index is 4.27. The molecule has 6 heteroatoms. The van der Waals surface area contributed by atoms with Gasteiger partial charge in [-0.05, 0) is 70.6 Å². The van der Waals surface area contributed by atoms with Crippen LogP contribution in [0, 0.1) is 0 Å². The van der Waals surface area contributed by atoms with Crippen LogP contribution in [0.15, 0.2) is 36.5 Å². The fraction of sp³-hybridized carbons (Fsp3) is 0.845. The van der Waals surface area contributed by atoms with Crippen molar-refractivity contribution in [2.24, 2.45) is 0 Å². The normalized spacial score (nSPS) is 12.2. The monoisotopic (exact) mass is 899 g/mol. The summed E-state index contributed by atoms with van der Waals surface area (Å²) in [6.07, 6.45) is 62.8. The second kappa shape index (κ2) is 53.2. The molecule has 0 rings (SSSR count). The van der Waals surface area contributed by atoms with Crippen LogP contribution in [0.1, 0.15) is 297 Å². The highest BCUT2D eigenvalue weighted by molar-refractivity contribution is 5.71. The van der Waals surface area contributed by atoms with E-state index in [0.29, 0.717) is 19.3 Å². The summed E-state index contributed by atoms with van der Waals surface area (Å²) in [7, 11) is 0. The first-order valence-corrected chi connectivity index (χ1v) is 28.0. The minimum Gasteiger partial charge on any atom is -0.462 e. The largest absolute Gasteiger partial charge is 0.462 e. The van der Waals surface area contributed by atoms with Crippen molar-refractivity contribution in [2.75, 3.05) is 13.2 Å². The van der Waals surface area contributed by atoms with Crippen LogP contribution in [-0.4, -0.2) is 37.2 Å². The van der Waals surface area contributed by atoms with Crippen molar-refractivity contribution in [2.45, 2.75) is 303 Å². The molecule has 0 amide bonds. The molecule has 0 saturated heterocycles. The van der Waals surface area contributed by atoms with Gasteiger partial charge in [0, 0.05) is 19.3 Å². The first kappa shape index (κ1) is 61.6. The SMILES string of the molecule is CCC/C=C\C/C=C\CCCCCCCC(=O)OC(COC(=O)CCCCCCC/C=C\CCCCC)COC(=O)CCCCCCCCCCCCCCCCCCCCCCC. The Labute approximate surface area is 397 Å². The van der Waals surface area contributed by atoms with Crippen molar-refractivity contribution in [1.82, 2.24) is 0 Å². The van der Waals surface area contributed by atoms with Crippen molar-refractivity contribution in [3.63, 3.8) is 0 Å². The first-order valence-electron chi connectivity index (χ1n) is 28.0. The molecule has 1 atom stereocenters. The Hall–Kier alpha value is -2.37. The second-order valence-corrected chi connectivity index (χ2v) is 18.8. The van der Waals surface area contributed by atoms with Gasteiger partial charge in [0.2, 0.25) is 0 Å². The van der Waals surface area contributed by atoms with E-state index in [4.69, 9.17) is 14.2 Å². The van der Waals surface area contributed by atoms with Crippen molar-refractivity contribution >= 4 is 17.9 Å². The van der Waals surface area contributed by atoms with Crippen LogP contribution in [0.4, 0.5) is 0 Å². The van der Waals surface area contributed by atoms with Gasteiger partial charge in [-0.25, -0.2) is 0 Å². The number of hydrogen-bond acceptors (Lipinski definition) is 6. The Morgan fingerprint density at radius 3 is 0.969 bits per heavy atom. The molecule has 0 aromatic carbocycles. The number of carbonyl (C=O) groups is 3. The predicted molar refractivity (Wildman–Crippen MR) is 275 cm³/mol. The van der Waals surface area contributed by atoms with Gasteiger partial charge < -0.3 is 14.2 Å². The van der Waals surface area contributed by atoms with E-state index in [-0.39, 0.29) is 31.1 Å². The molecule has 6 nitrogen and oxygen atoms in total. The van der Waals surface area contributed by atoms with Gasteiger partial charge in [0.1, 0.15) is 13.2 Å². The van der Waals surface area contributed by atoms with Crippen LogP contribution in [0.3, 0.4) is 0 Å². The maximum Gasteiger partial charge on any atom is 0.306 e. The zero-order valence-corrected chi connectivity index (χ0v) is 42.8. The standard InChI is InChI=1S/C58H106O6/c1-4-7-10-13-16-19-22-25-26-27-28-29-30-31-32-34-36-39-42-45-48-51-57(60)63-54-55(53-62-56(59)50-47-44-41-38-35-24-21-18-15-12-9-6-3)64-58(61)52-49-46-43-40-37-33-23-20-17-14-11-8-5-2/h11,14,18,20-21,23,55H,4-10,12-13,15-17,19,22,24-54H2,1-3H3/b14-11-,21-18-,23-20-. The lowest BCUT2D eigenvalue weighted by molar-refractivity contribution is -0.167. The van der Waals surface area contributed by atoms with E-state index in [0.717, 1.165) is 96.3 Å². The van der Waals surface area contributed by atoms with Gasteiger partial charge >= 0.3 is 17.9 Å². The summed E-state index contributed by atoms with van der Waals surface area (Å²) in [6, 6.07) is 0. The first-order chi connectivity index (χ1) is 31.5. The number of allylic oxidation sites excluding steroid dienone is 6. The summed E-state index contributed by atoms with van der Waals surface area (Å²) < 4.78 is 16.8. The number of hydrogen-bond donors (Lipinski definition) is 0. The van der Waals surface area contributed by atoms with E-state index in [1.807, 2.05) is 0 Å². The molecule has 0 aromatic rings. The zero-order valence-electron chi connectivity index (χ0n) is 42.8. The fourth-order valence-corrected chi connectivity index (χ4v) is 8.12. The van der Waals surface area contributed by atoms with Crippen LogP contribution < -0.4 is 0 Å². The highest BCUT2D eigenvalue weighted by Crippen LogP contribution is 2.17. The lowest BCUT2D eigenvalue weighted by Crippen LogP contribution is -2.30. The number of rotatable bonds is 51. The molecule has 1 unspecified atom stereocenters. The van der Waals surface area contributed by atoms with Crippen molar-refractivity contribution in [3.05, 3.63) is 36.5 Å². The van der Waals surface area contributed by atoms with Gasteiger partial charge in [0.05, 0.1) is 0 Å². The van der Waals surface area contributed by atoms with E-state index in [2.05, 4.69) is 57.2 Å². The van der Waals surface area contributed by atoms with E-state index in [1.165, 1.54) is 161 Å². The smallest absolute Gasteiger partial charge is 0.306 e. The van der Waals surface area contributed by atoms with Crippen LogP contribution >= 0.6 is 0 Å². The van der Waals surface area contributed by atoms with Gasteiger partial charge in [-0.1, -0.05) is 243 Å². The Morgan fingerprint density at radius 2 is 0.594 bits per heavy atom. The molecule has 0 bridgehead atoms. The second-order valence-electron chi connectivity index (χ2n) is 18.8. The topological polar surface area (TPSA) is 78.9 Å². The lowest BCUT2D eigenvalue weighted by Gasteiger charge is -2.18. The molecular formula is C58H106O6. The molecule has 0 aromatic heterocycles. The maximum absolute atomic E-state index is 12.8. The Morgan fingerprint density at radius 1 is 0.312 bits per heavy atom. The minimum absolute atomic E-state index is 0.0773. The minimum atomic E-state index is -0.779. The third kappa shape index (κ3) is 50.6. The third-order valence-corrected chi connectivity index (χ3v) is 12.3. The van der Waals surface area contributed by atoms with Crippen molar-refractivity contribution in [1.29, 1.82) is 0 Å². The molecule has 0 fully saturated rings. The number of unbranched alkanes of at least 4 members (excludes halogenated alkanes) is 34. The van der Waals surface area contributed by atoms with Crippen LogP contribution in [0.25, 0.3) is 0 Å². The fourth-order valence-electron chi connectivity index (χ4n) is 8.12. The van der Waals surface area contributed by atoms with Crippen molar-refractivity contribution < 1.29 is 28.6 Å². The Kier molecular flexibility index (Phi) is 51.3. The van der Waals surface area contributed by atoms with Gasteiger partial charge in [-0.15, -0.1) is 0 Å². The molecule has 0 aliphatic heterocycles. The molecule has 0 spiro atoms. The maximum atomic E-state index is 12.8. The summed E-state index contributed by atoms with van der Waals surface area (Å²) in [4.78, 5) is 38.0. The summed E-state index contributed by atoms with van der Waals surface area (Å²) in [6.45, 7) is 6.57. The van der Waals surface area contributed by atoms with Crippen LogP contribution in [0.2, 0.25) is 0 Å². The molecule has 374 valence electrons. The zero-order chi connectivity index (χ0) is 46.5. The molecule has 0 radical (unpaired) electrons. The van der Waals surface area contributed by atoms with Crippen molar-refractivity contribution in [3.8, 4) is 0 Å². The number of esters is 3. The van der Waals surface area contributed by atoms with Crippen LogP contribution in [0.5, 0.6) is 0 Å². The molecule has 0 aliphatic rings. The summed E-state index contributed by atoms with van der Waals surface area (Å²) in [5.74, 6) is -0.888. The Bertz CT molecular complexity index is 1080. The highest BCUT2D eigenvalue weighted by atomic mass is 16.6.